The molecule has 0 radical (unpaired) electrons. The summed E-state index contributed by atoms with van der Waals surface area (Å²) in [6.45, 7) is 0.360. The summed E-state index contributed by atoms with van der Waals surface area (Å²) < 4.78 is 34.8. The largest absolute Gasteiger partial charge is 0.495 e. The number of hydrogen-bond acceptors (Lipinski definition) is 5. The van der Waals surface area contributed by atoms with E-state index in [1.165, 1.54) is 7.11 Å². The van der Waals surface area contributed by atoms with E-state index < -0.39 is 10.0 Å². The van der Waals surface area contributed by atoms with Crippen LogP contribution in [0.3, 0.4) is 0 Å². The Balaban J connectivity index is 1.83. The Labute approximate surface area is 167 Å². The molecule has 2 aliphatic rings. The number of sulfonamides is 1. The van der Waals surface area contributed by atoms with Gasteiger partial charge in [0, 0.05) is 22.6 Å². The average Bonchev–Trinajstić information content (AvgIpc) is 3.14. The van der Waals surface area contributed by atoms with Crippen LogP contribution in [0.25, 0.3) is 0 Å². The molecule has 2 aromatic carbocycles. The maximum atomic E-state index is 13.5. The smallest absolute Gasteiger partial charge is 0.247 e. The van der Waals surface area contributed by atoms with E-state index in [-0.39, 0.29) is 29.5 Å². The second-order valence-corrected chi connectivity index (χ2v) is 9.60. The number of benzene rings is 2. The molecule has 0 aromatic heterocycles. The van der Waals surface area contributed by atoms with Gasteiger partial charge in [-0.25, -0.2) is 8.42 Å². The number of aliphatic hydroxyl groups is 1. The minimum atomic E-state index is -3.76. The molecule has 0 saturated carbocycles. The number of methoxy groups -OCH3 is 1. The van der Waals surface area contributed by atoms with Crippen molar-refractivity contribution >= 4 is 31.6 Å². The molecule has 3 atom stereocenters. The third-order valence-corrected chi connectivity index (χ3v) is 7.85. The molecule has 0 amide bonds. The summed E-state index contributed by atoms with van der Waals surface area (Å²) in [6, 6.07) is 12.0. The summed E-state index contributed by atoms with van der Waals surface area (Å²) in [5.74, 6) is 0.337. The molecular formula is C19H21BrN2O4S. The van der Waals surface area contributed by atoms with Crippen LogP contribution in [0.1, 0.15) is 18.0 Å². The lowest BCUT2D eigenvalue weighted by Gasteiger charge is -2.38. The highest BCUT2D eigenvalue weighted by molar-refractivity contribution is 9.10. The fraction of sp³-hybridized carbons (Fsp3) is 0.368. The van der Waals surface area contributed by atoms with Crippen molar-refractivity contribution in [2.75, 3.05) is 25.6 Å². The number of rotatable bonds is 4. The molecule has 27 heavy (non-hydrogen) atoms. The summed E-state index contributed by atoms with van der Waals surface area (Å²) in [5.41, 5.74) is 1.79. The zero-order valence-corrected chi connectivity index (χ0v) is 17.2. The van der Waals surface area contributed by atoms with Crippen molar-refractivity contribution in [3.8, 4) is 5.75 Å². The van der Waals surface area contributed by atoms with Gasteiger partial charge in [0.2, 0.25) is 10.0 Å². The Morgan fingerprint density at radius 3 is 2.81 bits per heavy atom. The normalized spacial score (nSPS) is 24.8. The van der Waals surface area contributed by atoms with Crippen molar-refractivity contribution in [3.05, 3.63) is 52.5 Å². The molecule has 2 aromatic rings. The van der Waals surface area contributed by atoms with E-state index in [1.54, 1.807) is 28.6 Å². The number of aliphatic hydroxyl groups excluding tert-OH is 1. The van der Waals surface area contributed by atoms with Crippen LogP contribution in [0.4, 0.5) is 5.69 Å². The van der Waals surface area contributed by atoms with Gasteiger partial charge in [-0.2, -0.15) is 4.31 Å². The van der Waals surface area contributed by atoms with E-state index in [0.29, 0.717) is 18.7 Å². The van der Waals surface area contributed by atoms with Crippen LogP contribution < -0.4 is 10.1 Å². The molecule has 1 fully saturated rings. The number of anilines is 1. The van der Waals surface area contributed by atoms with Gasteiger partial charge >= 0.3 is 0 Å². The van der Waals surface area contributed by atoms with Crippen molar-refractivity contribution in [3.63, 3.8) is 0 Å². The fourth-order valence-corrected chi connectivity index (χ4v) is 6.42. The number of nitrogens with one attached hydrogen (secondary N) is 1. The third kappa shape index (κ3) is 3.04. The molecule has 0 aliphatic carbocycles. The monoisotopic (exact) mass is 452 g/mol. The van der Waals surface area contributed by atoms with Gasteiger partial charge in [0.1, 0.15) is 10.6 Å². The molecule has 0 bridgehead atoms. The highest BCUT2D eigenvalue weighted by Crippen LogP contribution is 2.49. The second-order valence-electron chi connectivity index (χ2n) is 6.83. The number of hydrogen-bond donors (Lipinski definition) is 2. The standard InChI is InChI=1S/C19H21BrN2O4S/c1-26-17-4-2-3-5-18(17)27(24,25)22-9-8-13-16(11-23)21-15-7-6-12(20)10-14(15)19(13)22/h2-7,10,13,16,19,21,23H,8-9,11H2,1H3/t13-,16-,19-/m1/s1. The maximum Gasteiger partial charge on any atom is 0.247 e. The molecule has 1 saturated heterocycles. The van der Waals surface area contributed by atoms with Gasteiger partial charge in [0.05, 0.1) is 25.8 Å². The fourth-order valence-electron chi connectivity index (χ4n) is 4.22. The van der Waals surface area contributed by atoms with E-state index in [2.05, 4.69) is 21.2 Å². The van der Waals surface area contributed by atoms with Crippen LogP contribution in [-0.2, 0) is 10.0 Å². The molecule has 0 unspecified atom stereocenters. The lowest BCUT2D eigenvalue weighted by atomic mass is 9.84. The van der Waals surface area contributed by atoms with Gasteiger partial charge < -0.3 is 15.2 Å². The number of ether oxygens (including phenoxy) is 1. The Morgan fingerprint density at radius 2 is 2.07 bits per heavy atom. The SMILES string of the molecule is COc1ccccc1S(=O)(=O)N1CC[C@@H]2[C@@H](CO)Nc3ccc(Br)cc3[C@@H]21. The van der Waals surface area contributed by atoms with Crippen molar-refractivity contribution in [2.24, 2.45) is 5.92 Å². The van der Waals surface area contributed by atoms with Crippen molar-refractivity contribution in [1.82, 2.24) is 4.31 Å². The highest BCUT2D eigenvalue weighted by atomic mass is 79.9. The molecule has 144 valence electrons. The Kier molecular flexibility index (Phi) is 4.92. The first kappa shape index (κ1) is 18.7. The van der Waals surface area contributed by atoms with E-state index in [0.717, 1.165) is 15.7 Å². The van der Waals surface area contributed by atoms with Crippen LogP contribution in [0.2, 0.25) is 0 Å². The van der Waals surface area contributed by atoms with Crippen LogP contribution in [0, 0.1) is 5.92 Å². The summed E-state index contributed by atoms with van der Waals surface area (Å²) in [6.07, 6.45) is 0.684. The summed E-state index contributed by atoms with van der Waals surface area (Å²) in [7, 11) is -2.28. The molecule has 0 spiro atoms. The Morgan fingerprint density at radius 1 is 1.30 bits per heavy atom. The first-order valence-corrected chi connectivity index (χ1v) is 11.0. The van der Waals surface area contributed by atoms with Gasteiger partial charge in [-0.1, -0.05) is 28.1 Å². The number of fused-ring (bicyclic) bond motifs is 3. The first-order valence-electron chi connectivity index (χ1n) is 8.79. The second kappa shape index (κ2) is 7.09. The molecule has 2 N–H and O–H groups in total. The minimum Gasteiger partial charge on any atom is -0.495 e. The summed E-state index contributed by atoms with van der Waals surface area (Å²) in [4.78, 5) is 0.170. The van der Waals surface area contributed by atoms with Crippen LogP contribution >= 0.6 is 15.9 Å². The molecule has 4 rings (SSSR count). The molecule has 8 heteroatoms. The van der Waals surface area contributed by atoms with Crippen LogP contribution in [-0.4, -0.2) is 44.1 Å². The van der Waals surface area contributed by atoms with E-state index >= 15 is 0 Å². The number of nitrogens with zero attached hydrogens (tertiary/aromatic N) is 1. The number of para-hydroxylation sites is 1. The summed E-state index contributed by atoms with van der Waals surface area (Å²) in [5, 5.41) is 13.2. The van der Waals surface area contributed by atoms with Gasteiger partial charge in [0.25, 0.3) is 0 Å². The lowest BCUT2D eigenvalue weighted by Crippen LogP contribution is -2.42. The number of halogens is 1. The predicted octanol–water partition coefficient (Wildman–Crippen LogP) is 3.00. The van der Waals surface area contributed by atoms with Crippen LogP contribution in [0.5, 0.6) is 5.75 Å². The Bertz CT molecular complexity index is 966. The van der Waals surface area contributed by atoms with Crippen molar-refractivity contribution < 1.29 is 18.3 Å². The maximum absolute atomic E-state index is 13.5. The van der Waals surface area contributed by atoms with E-state index in [9.17, 15) is 13.5 Å². The predicted molar refractivity (Wildman–Crippen MR) is 106 cm³/mol. The van der Waals surface area contributed by atoms with E-state index in [4.69, 9.17) is 4.74 Å². The summed E-state index contributed by atoms with van der Waals surface area (Å²) >= 11 is 3.49. The van der Waals surface area contributed by atoms with Gasteiger partial charge in [-0.3, -0.25) is 0 Å². The third-order valence-electron chi connectivity index (χ3n) is 5.44. The van der Waals surface area contributed by atoms with Crippen molar-refractivity contribution in [1.29, 1.82) is 0 Å². The van der Waals surface area contributed by atoms with Gasteiger partial charge in [0.15, 0.2) is 0 Å². The molecule has 2 heterocycles. The van der Waals surface area contributed by atoms with E-state index in [1.807, 2.05) is 18.2 Å². The van der Waals surface area contributed by atoms with Gasteiger partial charge in [-0.05, 0) is 42.3 Å². The highest BCUT2D eigenvalue weighted by Gasteiger charge is 2.49. The molecular weight excluding hydrogens is 432 g/mol. The average molecular weight is 453 g/mol. The van der Waals surface area contributed by atoms with Crippen LogP contribution in [0.15, 0.2) is 51.8 Å². The lowest BCUT2D eigenvalue weighted by molar-refractivity contribution is 0.210. The topological polar surface area (TPSA) is 78.9 Å². The minimum absolute atomic E-state index is 0.00119. The van der Waals surface area contributed by atoms with Crippen molar-refractivity contribution in [2.45, 2.75) is 23.4 Å². The zero-order chi connectivity index (χ0) is 19.2. The zero-order valence-electron chi connectivity index (χ0n) is 14.8. The van der Waals surface area contributed by atoms with Gasteiger partial charge in [-0.15, -0.1) is 0 Å². The first-order chi connectivity index (χ1) is 13.0. The molecule has 2 aliphatic heterocycles. The quantitative estimate of drug-likeness (QED) is 0.745. The molecule has 6 nitrogen and oxygen atoms in total. The Hall–Kier alpha value is -1.61.